The average Bonchev–Trinajstić information content (AvgIpc) is 2.64. The topological polar surface area (TPSA) is 9.23 Å². The van der Waals surface area contributed by atoms with Gasteiger partial charge in [-0.3, -0.25) is 0 Å². The first kappa shape index (κ1) is 17.7. The standard InChI is InChI=1S/C21H28OSi/c1-4-23(5-2,6-3)22-21(20-15-11-8-12-16-20)18-17-19-13-9-7-10-14-19/h7-18,21H,4-6H2,1-3H3/b18-17+. The lowest BCUT2D eigenvalue weighted by atomic mass is 10.1. The number of hydrogen-bond acceptors (Lipinski definition) is 1. The highest BCUT2D eigenvalue weighted by atomic mass is 28.4. The Bertz CT molecular complexity index is 579. The molecule has 2 rings (SSSR count). The molecular weight excluding hydrogens is 296 g/mol. The van der Waals surface area contributed by atoms with Crippen molar-refractivity contribution in [1.29, 1.82) is 0 Å². The van der Waals surface area contributed by atoms with Crippen LogP contribution in [0.2, 0.25) is 18.1 Å². The van der Waals surface area contributed by atoms with Crippen molar-refractivity contribution in [3.8, 4) is 0 Å². The molecule has 2 aromatic carbocycles. The maximum Gasteiger partial charge on any atom is 0.193 e. The van der Waals surface area contributed by atoms with Crippen LogP contribution in [-0.4, -0.2) is 8.32 Å². The number of rotatable bonds is 8. The molecule has 0 aliphatic rings. The van der Waals surface area contributed by atoms with Crippen molar-refractivity contribution < 1.29 is 4.43 Å². The third-order valence-corrected chi connectivity index (χ3v) is 9.32. The Hall–Kier alpha value is -1.64. The molecule has 0 spiro atoms. The second kappa shape index (κ2) is 8.85. The van der Waals surface area contributed by atoms with Crippen molar-refractivity contribution in [3.63, 3.8) is 0 Å². The van der Waals surface area contributed by atoms with E-state index in [1.54, 1.807) is 0 Å². The maximum atomic E-state index is 6.75. The number of benzene rings is 2. The normalized spacial score (nSPS) is 13.3. The summed E-state index contributed by atoms with van der Waals surface area (Å²) in [4.78, 5) is 0. The molecule has 0 aliphatic carbocycles. The molecule has 0 bridgehead atoms. The van der Waals surface area contributed by atoms with Crippen LogP contribution in [-0.2, 0) is 4.43 Å². The molecule has 0 N–H and O–H groups in total. The van der Waals surface area contributed by atoms with Gasteiger partial charge in [-0.1, -0.05) is 93.6 Å². The fraction of sp³-hybridized carbons (Fsp3) is 0.333. The fourth-order valence-electron chi connectivity index (χ4n) is 2.89. The van der Waals surface area contributed by atoms with E-state index in [0.717, 1.165) is 0 Å². The third kappa shape index (κ3) is 4.92. The summed E-state index contributed by atoms with van der Waals surface area (Å²) in [6.07, 6.45) is 4.44. The minimum Gasteiger partial charge on any atom is -0.407 e. The molecule has 0 aliphatic heterocycles. The quantitative estimate of drug-likeness (QED) is 0.506. The summed E-state index contributed by atoms with van der Waals surface area (Å²) in [5.74, 6) is 0. The Morgan fingerprint density at radius 1 is 0.826 bits per heavy atom. The van der Waals surface area contributed by atoms with Gasteiger partial charge in [0, 0.05) is 0 Å². The van der Waals surface area contributed by atoms with Crippen molar-refractivity contribution in [2.75, 3.05) is 0 Å². The molecule has 1 atom stereocenters. The highest BCUT2D eigenvalue weighted by Gasteiger charge is 2.31. The van der Waals surface area contributed by atoms with Crippen LogP contribution in [0.1, 0.15) is 38.0 Å². The second-order valence-electron chi connectivity index (χ2n) is 5.96. The first-order valence-corrected chi connectivity index (χ1v) is 11.2. The van der Waals surface area contributed by atoms with Crippen LogP contribution in [0, 0.1) is 0 Å². The van der Waals surface area contributed by atoms with Gasteiger partial charge in [0.05, 0.1) is 6.10 Å². The molecule has 23 heavy (non-hydrogen) atoms. The highest BCUT2D eigenvalue weighted by molar-refractivity contribution is 6.73. The van der Waals surface area contributed by atoms with Crippen molar-refractivity contribution in [3.05, 3.63) is 77.9 Å². The molecule has 1 nitrogen and oxygen atoms in total. The number of hydrogen-bond donors (Lipinski definition) is 0. The highest BCUT2D eigenvalue weighted by Crippen LogP contribution is 2.31. The minimum absolute atomic E-state index is 0.0444. The van der Waals surface area contributed by atoms with Crippen molar-refractivity contribution in [2.24, 2.45) is 0 Å². The lowest BCUT2D eigenvalue weighted by molar-refractivity contribution is 0.239. The van der Waals surface area contributed by atoms with Crippen LogP contribution in [0.3, 0.4) is 0 Å². The first-order chi connectivity index (χ1) is 11.2. The van der Waals surface area contributed by atoms with E-state index in [2.05, 4.69) is 87.5 Å². The molecule has 0 saturated carbocycles. The second-order valence-corrected chi connectivity index (χ2v) is 10.7. The SMILES string of the molecule is CC[Si](CC)(CC)OC(/C=C/c1ccccc1)c1ccccc1. The van der Waals surface area contributed by atoms with E-state index in [4.69, 9.17) is 4.43 Å². The van der Waals surface area contributed by atoms with Gasteiger partial charge in [0.2, 0.25) is 0 Å². The molecule has 0 radical (unpaired) electrons. The van der Waals surface area contributed by atoms with E-state index in [9.17, 15) is 0 Å². The van der Waals surface area contributed by atoms with Gasteiger partial charge in [-0.15, -0.1) is 0 Å². The summed E-state index contributed by atoms with van der Waals surface area (Å²) < 4.78 is 6.75. The van der Waals surface area contributed by atoms with Crippen LogP contribution in [0.4, 0.5) is 0 Å². The van der Waals surface area contributed by atoms with Crippen molar-refractivity contribution in [2.45, 2.75) is 45.0 Å². The molecule has 0 amide bonds. The zero-order chi connectivity index (χ0) is 16.5. The van der Waals surface area contributed by atoms with Gasteiger partial charge in [0.15, 0.2) is 8.32 Å². The van der Waals surface area contributed by atoms with Gasteiger partial charge in [0.1, 0.15) is 0 Å². The van der Waals surface area contributed by atoms with Gasteiger partial charge >= 0.3 is 0 Å². The van der Waals surface area contributed by atoms with Gasteiger partial charge in [-0.05, 0) is 29.3 Å². The lowest BCUT2D eigenvalue weighted by Crippen LogP contribution is -2.36. The molecule has 0 fully saturated rings. The predicted octanol–water partition coefficient (Wildman–Crippen LogP) is 6.46. The van der Waals surface area contributed by atoms with E-state index in [1.165, 1.54) is 29.3 Å². The third-order valence-electron chi connectivity index (χ3n) is 4.70. The van der Waals surface area contributed by atoms with Gasteiger partial charge < -0.3 is 4.43 Å². The summed E-state index contributed by atoms with van der Waals surface area (Å²) >= 11 is 0. The van der Waals surface area contributed by atoms with E-state index in [1.807, 2.05) is 6.07 Å². The van der Waals surface area contributed by atoms with Gasteiger partial charge in [-0.25, -0.2) is 0 Å². The van der Waals surface area contributed by atoms with Crippen molar-refractivity contribution >= 4 is 14.4 Å². The van der Waals surface area contributed by atoms with Crippen LogP contribution < -0.4 is 0 Å². The molecular formula is C21H28OSi. The minimum atomic E-state index is -1.65. The predicted molar refractivity (Wildman–Crippen MR) is 103 cm³/mol. The molecule has 0 saturated heterocycles. The smallest absolute Gasteiger partial charge is 0.193 e. The van der Waals surface area contributed by atoms with Gasteiger partial charge in [0.25, 0.3) is 0 Å². The van der Waals surface area contributed by atoms with Crippen LogP contribution in [0.5, 0.6) is 0 Å². The molecule has 1 unspecified atom stereocenters. The largest absolute Gasteiger partial charge is 0.407 e. The van der Waals surface area contributed by atoms with E-state index >= 15 is 0 Å². The summed E-state index contributed by atoms with van der Waals surface area (Å²) in [6.45, 7) is 6.84. The van der Waals surface area contributed by atoms with Gasteiger partial charge in [-0.2, -0.15) is 0 Å². The monoisotopic (exact) mass is 324 g/mol. The summed E-state index contributed by atoms with van der Waals surface area (Å²) in [7, 11) is -1.65. The lowest BCUT2D eigenvalue weighted by Gasteiger charge is -2.32. The molecule has 2 heteroatoms. The average molecular weight is 325 g/mol. The Morgan fingerprint density at radius 3 is 1.87 bits per heavy atom. The van der Waals surface area contributed by atoms with Crippen LogP contribution in [0.25, 0.3) is 6.08 Å². The summed E-state index contributed by atoms with van der Waals surface area (Å²) in [5.41, 5.74) is 2.46. The summed E-state index contributed by atoms with van der Waals surface area (Å²) in [6, 6.07) is 24.5. The Labute approximate surface area is 142 Å². The van der Waals surface area contributed by atoms with Crippen LogP contribution >= 0.6 is 0 Å². The molecule has 2 aromatic rings. The van der Waals surface area contributed by atoms with E-state index in [-0.39, 0.29) is 6.10 Å². The Morgan fingerprint density at radius 2 is 1.35 bits per heavy atom. The van der Waals surface area contributed by atoms with Crippen molar-refractivity contribution in [1.82, 2.24) is 0 Å². The van der Waals surface area contributed by atoms with E-state index < -0.39 is 8.32 Å². The molecule has 0 aromatic heterocycles. The Balaban J connectivity index is 2.27. The maximum absolute atomic E-state index is 6.75. The van der Waals surface area contributed by atoms with E-state index in [0.29, 0.717) is 0 Å². The fourth-order valence-corrected chi connectivity index (χ4v) is 5.65. The zero-order valence-electron chi connectivity index (χ0n) is 14.5. The Kier molecular flexibility index (Phi) is 6.81. The molecule has 122 valence electrons. The van der Waals surface area contributed by atoms with Crippen LogP contribution in [0.15, 0.2) is 66.7 Å². The molecule has 0 heterocycles. The summed E-state index contributed by atoms with van der Waals surface area (Å²) in [5, 5.41) is 0. The zero-order valence-corrected chi connectivity index (χ0v) is 15.5. The first-order valence-electron chi connectivity index (χ1n) is 8.69.